The van der Waals surface area contributed by atoms with Crippen molar-refractivity contribution in [1.82, 2.24) is 5.32 Å². The molecule has 1 saturated heterocycles. The van der Waals surface area contributed by atoms with E-state index in [1.165, 1.54) is 0 Å². The van der Waals surface area contributed by atoms with Gasteiger partial charge in [0.15, 0.2) is 0 Å². The van der Waals surface area contributed by atoms with Gasteiger partial charge in [-0.15, -0.1) is 0 Å². The summed E-state index contributed by atoms with van der Waals surface area (Å²) < 4.78 is 10.3. The second-order valence-corrected chi connectivity index (χ2v) is 4.62. The first-order valence-corrected chi connectivity index (χ1v) is 6.44. The zero-order chi connectivity index (χ0) is 14.4. The van der Waals surface area contributed by atoms with E-state index in [4.69, 9.17) is 14.6 Å². The molecule has 0 spiro atoms. The summed E-state index contributed by atoms with van der Waals surface area (Å²) in [5, 5.41) is 11.6. The number of hydrogen-bond acceptors (Lipinski definition) is 4. The first kappa shape index (κ1) is 14.3. The van der Waals surface area contributed by atoms with Crippen LogP contribution in [-0.4, -0.2) is 36.4 Å². The number of aliphatic carboxylic acids is 1. The highest BCUT2D eigenvalue weighted by Crippen LogP contribution is 2.16. The third-order valence-corrected chi connectivity index (χ3v) is 3.19. The largest absolute Gasteiger partial charge is 0.481 e. The van der Waals surface area contributed by atoms with Gasteiger partial charge in [0.2, 0.25) is 0 Å². The van der Waals surface area contributed by atoms with E-state index < -0.39 is 24.0 Å². The van der Waals surface area contributed by atoms with Crippen LogP contribution in [0, 0.1) is 5.92 Å². The second kappa shape index (κ2) is 6.91. The summed E-state index contributed by atoms with van der Waals surface area (Å²) in [6.07, 6.45) is -0.241. The summed E-state index contributed by atoms with van der Waals surface area (Å²) >= 11 is 0. The average molecular weight is 279 g/mol. The van der Waals surface area contributed by atoms with Crippen LogP contribution in [0.5, 0.6) is 0 Å². The van der Waals surface area contributed by atoms with Crippen molar-refractivity contribution in [2.24, 2.45) is 5.92 Å². The van der Waals surface area contributed by atoms with Crippen molar-refractivity contribution in [3.8, 4) is 0 Å². The predicted octanol–water partition coefficient (Wildman–Crippen LogP) is 1.40. The lowest BCUT2D eigenvalue weighted by Crippen LogP contribution is -2.49. The molecule has 1 aliphatic heterocycles. The molecular formula is C14H17NO5. The number of amides is 1. The van der Waals surface area contributed by atoms with E-state index in [0.29, 0.717) is 13.0 Å². The Labute approximate surface area is 116 Å². The Morgan fingerprint density at radius 3 is 2.80 bits per heavy atom. The molecule has 1 fully saturated rings. The highest BCUT2D eigenvalue weighted by Gasteiger charge is 2.32. The van der Waals surface area contributed by atoms with Crippen LogP contribution in [0.4, 0.5) is 4.79 Å². The van der Waals surface area contributed by atoms with Gasteiger partial charge in [0.1, 0.15) is 6.61 Å². The number of carboxylic acids is 1. The Kier molecular flexibility index (Phi) is 4.95. The molecule has 0 bridgehead atoms. The molecule has 1 amide bonds. The lowest BCUT2D eigenvalue weighted by molar-refractivity contribution is -0.146. The summed E-state index contributed by atoms with van der Waals surface area (Å²) in [5.41, 5.74) is 0.873. The van der Waals surface area contributed by atoms with Crippen molar-refractivity contribution in [2.45, 2.75) is 19.1 Å². The molecule has 0 aromatic heterocycles. The van der Waals surface area contributed by atoms with Crippen molar-refractivity contribution in [2.75, 3.05) is 13.2 Å². The standard InChI is InChI=1S/C14H17NO5/c16-13(17)11-6-7-19-9-12(11)15-14(18)20-8-10-4-2-1-3-5-10/h1-5,11-12H,6-9H2,(H,15,18)(H,16,17)/t11-,12+/m0/s1. The first-order chi connectivity index (χ1) is 9.66. The number of ether oxygens (including phenoxy) is 2. The normalized spacial score (nSPS) is 22.0. The van der Waals surface area contributed by atoms with E-state index >= 15 is 0 Å². The highest BCUT2D eigenvalue weighted by molar-refractivity contribution is 5.73. The molecule has 6 heteroatoms. The molecule has 1 heterocycles. The Morgan fingerprint density at radius 1 is 1.35 bits per heavy atom. The summed E-state index contributed by atoms with van der Waals surface area (Å²) in [6, 6.07) is 8.72. The third kappa shape index (κ3) is 3.96. The van der Waals surface area contributed by atoms with E-state index in [1.807, 2.05) is 30.3 Å². The molecule has 2 N–H and O–H groups in total. The van der Waals surface area contributed by atoms with Gasteiger partial charge in [-0.05, 0) is 12.0 Å². The minimum atomic E-state index is -0.929. The van der Waals surface area contributed by atoms with Gasteiger partial charge in [-0.1, -0.05) is 30.3 Å². The fourth-order valence-electron chi connectivity index (χ4n) is 2.09. The van der Waals surface area contributed by atoms with E-state index in [-0.39, 0.29) is 13.2 Å². The van der Waals surface area contributed by atoms with Gasteiger partial charge in [-0.25, -0.2) is 4.79 Å². The molecule has 2 atom stereocenters. The Balaban J connectivity index is 1.82. The van der Waals surface area contributed by atoms with E-state index in [1.54, 1.807) is 0 Å². The maximum Gasteiger partial charge on any atom is 0.407 e. The molecule has 1 aromatic rings. The van der Waals surface area contributed by atoms with Crippen LogP contribution in [-0.2, 0) is 20.9 Å². The second-order valence-electron chi connectivity index (χ2n) is 4.62. The summed E-state index contributed by atoms with van der Waals surface area (Å²) in [7, 11) is 0. The molecular weight excluding hydrogens is 262 g/mol. The Morgan fingerprint density at radius 2 is 2.10 bits per heavy atom. The van der Waals surface area contributed by atoms with Crippen LogP contribution in [0.25, 0.3) is 0 Å². The van der Waals surface area contributed by atoms with E-state index in [0.717, 1.165) is 5.56 Å². The van der Waals surface area contributed by atoms with Crippen molar-refractivity contribution in [3.63, 3.8) is 0 Å². The first-order valence-electron chi connectivity index (χ1n) is 6.44. The molecule has 1 aliphatic rings. The quantitative estimate of drug-likeness (QED) is 0.870. The smallest absolute Gasteiger partial charge is 0.407 e. The lowest BCUT2D eigenvalue weighted by Gasteiger charge is -2.28. The number of alkyl carbamates (subject to hydrolysis) is 1. The predicted molar refractivity (Wildman–Crippen MR) is 70.1 cm³/mol. The summed E-state index contributed by atoms with van der Waals surface area (Å²) in [4.78, 5) is 22.7. The van der Waals surface area contributed by atoms with Crippen LogP contribution >= 0.6 is 0 Å². The van der Waals surface area contributed by atoms with Gasteiger partial charge in [0, 0.05) is 6.61 Å². The van der Waals surface area contributed by atoms with Crippen LogP contribution < -0.4 is 5.32 Å². The van der Waals surface area contributed by atoms with E-state index in [2.05, 4.69) is 5.32 Å². The molecule has 6 nitrogen and oxygen atoms in total. The van der Waals surface area contributed by atoms with E-state index in [9.17, 15) is 9.59 Å². The van der Waals surface area contributed by atoms with Gasteiger partial charge < -0.3 is 19.9 Å². The van der Waals surface area contributed by atoms with Gasteiger partial charge >= 0.3 is 12.1 Å². The number of benzene rings is 1. The van der Waals surface area contributed by atoms with Crippen LogP contribution in [0.2, 0.25) is 0 Å². The van der Waals surface area contributed by atoms with Gasteiger partial charge in [-0.3, -0.25) is 4.79 Å². The van der Waals surface area contributed by atoms with Crippen LogP contribution in [0.3, 0.4) is 0 Å². The highest BCUT2D eigenvalue weighted by atomic mass is 16.5. The fraction of sp³-hybridized carbons (Fsp3) is 0.429. The van der Waals surface area contributed by atoms with Crippen molar-refractivity contribution < 1.29 is 24.2 Å². The molecule has 1 aromatic carbocycles. The molecule has 2 rings (SSSR count). The number of nitrogens with one attached hydrogen (secondary N) is 1. The molecule has 0 saturated carbocycles. The lowest BCUT2D eigenvalue weighted by atomic mass is 9.95. The Hall–Kier alpha value is -2.08. The average Bonchev–Trinajstić information content (AvgIpc) is 2.46. The maximum absolute atomic E-state index is 11.7. The number of carbonyl (C=O) groups is 2. The zero-order valence-electron chi connectivity index (χ0n) is 11.0. The minimum Gasteiger partial charge on any atom is -0.481 e. The third-order valence-electron chi connectivity index (χ3n) is 3.19. The molecule has 108 valence electrons. The molecule has 0 aliphatic carbocycles. The summed E-state index contributed by atoms with van der Waals surface area (Å²) in [5.74, 6) is -1.56. The number of hydrogen-bond donors (Lipinski definition) is 2. The van der Waals surface area contributed by atoms with Crippen LogP contribution in [0.1, 0.15) is 12.0 Å². The van der Waals surface area contributed by atoms with Gasteiger partial charge in [0.25, 0.3) is 0 Å². The SMILES string of the molecule is O=C(N[C@@H]1COCC[C@@H]1C(=O)O)OCc1ccccc1. The van der Waals surface area contributed by atoms with Crippen molar-refractivity contribution in [1.29, 1.82) is 0 Å². The molecule has 0 unspecified atom stereocenters. The zero-order valence-corrected chi connectivity index (χ0v) is 11.0. The van der Waals surface area contributed by atoms with Crippen molar-refractivity contribution >= 4 is 12.1 Å². The van der Waals surface area contributed by atoms with Crippen molar-refractivity contribution in [3.05, 3.63) is 35.9 Å². The monoisotopic (exact) mass is 279 g/mol. The Bertz CT molecular complexity index is 462. The maximum atomic E-state index is 11.7. The van der Waals surface area contributed by atoms with Crippen LogP contribution in [0.15, 0.2) is 30.3 Å². The van der Waals surface area contributed by atoms with Gasteiger partial charge in [0.05, 0.1) is 18.6 Å². The van der Waals surface area contributed by atoms with Gasteiger partial charge in [-0.2, -0.15) is 0 Å². The number of carboxylic acid groups (broad SMARTS) is 1. The fourth-order valence-corrected chi connectivity index (χ4v) is 2.09. The molecule has 20 heavy (non-hydrogen) atoms. The number of carbonyl (C=O) groups excluding carboxylic acids is 1. The molecule has 0 radical (unpaired) electrons. The summed E-state index contributed by atoms with van der Waals surface area (Å²) in [6.45, 7) is 0.740. The minimum absolute atomic E-state index is 0.151. The number of rotatable bonds is 4. The topological polar surface area (TPSA) is 84.9 Å².